The van der Waals surface area contributed by atoms with E-state index in [1.54, 1.807) is 0 Å². The van der Waals surface area contributed by atoms with Crippen LogP contribution in [0.15, 0.2) is 24.5 Å². The normalized spacial score (nSPS) is 11.9. The van der Waals surface area contributed by atoms with Gasteiger partial charge < -0.3 is 5.32 Å². The maximum atomic E-state index is 13.0. The topological polar surface area (TPSA) is 37.8 Å². The second-order valence-electron chi connectivity index (χ2n) is 5.00. The molecule has 8 heteroatoms. The number of aromatic nitrogens is 2. The second kappa shape index (κ2) is 5.65. The standard InChI is InChI=1S/C15H11ClF3N3S/c1-7-8(2)23-14-12(7)13(20-6-21-14)22-9-3-4-11(16)10(5-9)15(17,18)19/h3-6H,1-2H3,(H,20,21,22). The Morgan fingerprint density at radius 1 is 1.17 bits per heavy atom. The molecule has 0 bridgehead atoms. The molecule has 0 spiro atoms. The van der Waals surface area contributed by atoms with E-state index in [9.17, 15) is 13.2 Å². The summed E-state index contributed by atoms with van der Waals surface area (Å²) in [4.78, 5) is 10.3. The molecule has 0 radical (unpaired) electrons. The van der Waals surface area contributed by atoms with Crippen LogP contribution in [-0.4, -0.2) is 9.97 Å². The molecule has 0 aliphatic heterocycles. The number of fused-ring (bicyclic) bond motifs is 1. The average Bonchev–Trinajstić information content (AvgIpc) is 2.76. The van der Waals surface area contributed by atoms with E-state index in [2.05, 4.69) is 15.3 Å². The van der Waals surface area contributed by atoms with Gasteiger partial charge in [0, 0.05) is 10.6 Å². The first-order chi connectivity index (χ1) is 10.8. The van der Waals surface area contributed by atoms with Crippen LogP contribution in [0, 0.1) is 13.8 Å². The van der Waals surface area contributed by atoms with Crippen LogP contribution < -0.4 is 5.32 Å². The zero-order valence-corrected chi connectivity index (χ0v) is 13.7. The van der Waals surface area contributed by atoms with Crippen LogP contribution in [0.2, 0.25) is 5.02 Å². The third-order valence-electron chi connectivity index (χ3n) is 3.50. The molecule has 0 unspecified atom stereocenters. The minimum atomic E-state index is -4.51. The number of halogens is 4. The Balaban J connectivity index is 2.07. The number of benzene rings is 1. The fraction of sp³-hybridized carbons (Fsp3) is 0.200. The highest BCUT2D eigenvalue weighted by atomic mass is 35.5. The fourth-order valence-corrected chi connectivity index (χ4v) is 3.46. The highest BCUT2D eigenvalue weighted by Crippen LogP contribution is 2.38. The Morgan fingerprint density at radius 2 is 1.91 bits per heavy atom. The Bertz CT molecular complexity index is 890. The lowest BCUT2D eigenvalue weighted by molar-refractivity contribution is -0.137. The predicted octanol–water partition coefficient (Wildman–Crippen LogP) is 5.72. The van der Waals surface area contributed by atoms with E-state index >= 15 is 0 Å². The number of alkyl halides is 3. The van der Waals surface area contributed by atoms with Gasteiger partial charge in [-0.25, -0.2) is 9.97 Å². The van der Waals surface area contributed by atoms with Crippen LogP contribution in [0.25, 0.3) is 10.2 Å². The molecule has 0 atom stereocenters. The van der Waals surface area contributed by atoms with Gasteiger partial charge >= 0.3 is 6.18 Å². The molecule has 0 fully saturated rings. The molecule has 0 aliphatic carbocycles. The van der Waals surface area contributed by atoms with Gasteiger partial charge in [-0.3, -0.25) is 0 Å². The summed E-state index contributed by atoms with van der Waals surface area (Å²) in [6.07, 6.45) is -3.12. The zero-order valence-electron chi connectivity index (χ0n) is 12.1. The Morgan fingerprint density at radius 3 is 2.61 bits per heavy atom. The van der Waals surface area contributed by atoms with E-state index in [0.29, 0.717) is 5.82 Å². The van der Waals surface area contributed by atoms with Gasteiger partial charge in [-0.1, -0.05) is 11.6 Å². The maximum Gasteiger partial charge on any atom is 0.417 e. The molecule has 120 valence electrons. The van der Waals surface area contributed by atoms with Crippen molar-refractivity contribution in [3.05, 3.63) is 45.6 Å². The first-order valence-electron chi connectivity index (χ1n) is 6.62. The monoisotopic (exact) mass is 357 g/mol. The van der Waals surface area contributed by atoms with Crippen molar-refractivity contribution in [3.63, 3.8) is 0 Å². The lowest BCUT2D eigenvalue weighted by atomic mass is 10.1. The van der Waals surface area contributed by atoms with Gasteiger partial charge in [-0.15, -0.1) is 11.3 Å². The molecular weight excluding hydrogens is 347 g/mol. The molecule has 1 aromatic carbocycles. The number of hydrogen-bond donors (Lipinski definition) is 1. The summed E-state index contributed by atoms with van der Waals surface area (Å²) in [5.74, 6) is 0.479. The lowest BCUT2D eigenvalue weighted by Gasteiger charge is -2.12. The van der Waals surface area contributed by atoms with Crippen molar-refractivity contribution in [2.45, 2.75) is 20.0 Å². The van der Waals surface area contributed by atoms with Gasteiger partial charge in [-0.2, -0.15) is 13.2 Å². The van der Waals surface area contributed by atoms with Crippen LogP contribution >= 0.6 is 22.9 Å². The van der Waals surface area contributed by atoms with E-state index in [1.165, 1.54) is 29.8 Å². The third kappa shape index (κ3) is 2.98. The lowest BCUT2D eigenvalue weighted by Crippen LogP contribution is -2.06. The summed E-state index contributed by atoms with van der Waals surface area (Å²) in [7, 11) is 0. The number of hydrogen-bond acceptors (Lipinski definition) is 4. The van der Waals surface area contributed by atoms with Gasteiger partial charge in [0.15, 0.2) is 0 Å². The molecule has 23 heavy (non-hydrogen) atoms. The Labute approximate surface area is 139 Å². The van der Waals surface area contributed by atoms with Crippen molar-refractivity contribution < 1.29 is 13.2 Å². The van der Waals surface area contributed by atoms with Gasteiger partial charge in [0.25, 0.3) is 0 Å². The summed E-state index contributed by atoms with van der Waals surface area (Å²) in [6.45, 7) is 3.90. The average molecular weight is 358 g/mol. The molecule has 2 heterocycles. The van der Waals surface area contributed by atoms with Crippen LogP contribution in [0.4, 0.5) is 24.7 Å². The van der Waals surface area contributed by atoms with E-state index in [4.69, 9.17) is 11.6 Å². The predicted molar refractivity (Wildman–Crippen MR) is 86.6 cm³/mol. The summed E-state index contributed by atoms with van der Waals surface area (Å²) in [5, 5.41) is 3.42. The van der Waals surface area contributed by atoms with Crippen molar-refractivity contribution in [2.24, 2.45) is 0 Å². The van der Waals surface area contributed by atoms with Crippen molar-refractivity contribution >= 4 is 44.7 Å². The van der Waals surface area contributed by atoms with Crippen LogP contribution in [0.5, 0.6) is 0 Å². The minimum Gasteiger partial charge on any atom is -0.340 e. The Kier molecular flexibility index (Phi) is 3.93. The van der Waals surface area contributed by atoms with E-state index in [-0.39, 0.29) is 10.7 Å². The molecular formula is C15H11ClF3N3S. The summed E-state index contributed by atoms with van der Waals surface area (Å²) >= 11 is 7.16. The zero-order chi connectivity index (χ0) is 16.8. The van der Waals surface area contributed by atoms with Crippen molar-refractivity contribution in [2.75, 3.05) is 5.32 Å². The van der Waals surface area contributed by atoms with Gasteiger partial charge in [0.05, 0.1) is 16.0 Å². The van der Waals surface area contributed by atoms with E-state index in [0.717, 1.165) is 26.7 Å². The highest BCUT2D eigenvalue weighted by Gasteiger charge is 2.33. The number of anilines is 2. The Hall–Kier alpha value is -1.86. The SMILES string of the molecule is Cc1sc2ncnc(Nc3ccc(Cl)c(C(F)(F)F)c3)c2c1C. The molecule has 0 saturated carbocycles. The summed E-state index contributed by atoms with van der Waals surface area (Å²) in [5.41, 5.74) is 0.399. The van der Waals surface area contributed by atoms with Crippen LogP contribution in [0.1, 0.15) is 16.0 Å². The van der Waals surface area contributed by atoms with Gasteiger partial charge in [0.2, 0.25) is 0 Å². The van der Waals surface area contributed by atoms with Gasteiger partial charge in [0.1, 0.15) is 17.0 Å². The fourth-order valence-electron chi connectivity index (χ4n) is 2.23. The quantitative estimate of drug-likeness (QED) is 0.637. The molecule has 1 N–H and O–H groups in total. The highest BCUT2D eigenvalue weighted by molar-refractivity contribution is 7.18. The van der Waals surface area contributed by atoms with Crippen molar-refractivity contribution in [3.8, 4) is 0 Å². The first kappa shape index (κ1) is 16.0. The van der Waals surface area contributed by atoms with Crippen LogP contribution in [0.3, 0.4) is 0 Å². The van der Waals surface area contributed by atoms with Crippen molar-refractivity contribution in [1.29, 1.82) is 0 Å². The largest absolute Gasteiger partial charge is 0.417 e. The third-order valence-corrected chi connectivity index (χ3v) is 4.94. The van der Waals surface area contributed by atoms with E-state index in [1.807, 2.05) is 13.8 Å². The molecule has 2 aromatic heterocycles. The van der Waals surface area contributed by atoms with Crippen LogP contribution in [-0.2, 0) is 6.18 Å². The number of rotatable bonds is 2. The maximum absolute atomic E-state index is 13.0. The second-order valence-corrected chi connectivity index (χ2v) is 6.61. The summed E-state index contributed by atoms with van der Waals surface area (Å²) < 4.78 is 38.9. The number of thiophene rings is 1. The van der Waals surface area contributed by atoms with Gasteiger partial charge in [-0.05, 0) is 37.6 Å². The molecule has 0 amide bonds. The summed E-state index contributed by atoms with van der Waals surface area (Å²) in [6, 6.07) is 3.68. The van der Waals surface area contributed by atoms with Crippen molar-refractivity contribution in [1.82, 2.24) is 9.97 Å². The molecule has 0 aliphatic rings. The molecule has 3 nitrogen and oxygen atoms in total. The smallest absolute Gasteiger partial charge is 0.340 e. The molecule has 3 rings (SSSR count). The number of nitrogens with zero attached hydrogens (tertiary/aromatic N) is 2. The van der Waals surface area contributed by atoms with E-state index < -0.39 is 11.7 Å². The minimum absolute atomic E-state index is 0.268. The number of aryl methyl sites for hydroxylation is 2. The molecule has 0 saturated heterocycles. The first-order valence-corrected chi connectivity index (χ1v) is 7.81. The number of nitrogens with one attached hydrogen (secondary N) is 1. The molecule has 3 aromatic rings.